The van der Waals surface area contributed by atoms with E-state index in [1.807, 2.05) is 79.7 Å². The second-order valence-corrected chi connectivity index (χ2v) is 7.24. The molecule has 0 amide bonds. The van der Waals surface area contributed by atoms with E-state index in [1.54, 1.807) is 6.08 Å². The van der Waals surface area contributed by atoms with E-state index in [9.17, 15) is 4.79 Å². The Morgan fingerprint density at radius 2 is 1.81 bits per heavy atom. The monoisotopic (exact) mass is 433 g/mol. The summed E-state index contributed by atoms with van der Waals surface area (Å²) in [7, 11) is 0. The average Bonchev–Trinajstić information content (AvgIpc) is 3.14. The molecule has 6 heteroatoms. The van der Waals surface area contributed by atoms with Crippen molar-refractivity contribution in [2.75, 3.05) is 6.61 Å². The van der Waals surface area contributed by atoms with Gasteiger partial charge in [-0.1, -0.05) is 65.3 Å². The minimum atomic E-state index is -0.488. The molecule has 0 atom stereocenters. The summed E-state index contributed by atoms with van der Waals surface area (Å²) >= 11 is 6.04. The Morgan fingerprint density at radius 3 is 2.58 bits per heavy atom. The summed E-state index contributed by atoms with van der Waals surface area (Å²) in [6.07, 6.45) is 1.74. The molecule has 3 aromatic carbocycles. The largest absolute Gasteiger partial charge is 0.490 e. The topological polar surface area (TPSA) is 57.1 Å². The quantitative estimate of drug-likeness (QED) is 0.356. The fourth-order valence-electron chi connectivity index (χ4n) is 3.17. The summed E-state index contributed by atoms with van der Waals surface area (Å²) in [5, 5.41) is 4.60. The molecule has 3 aromatic rings. The highest BCUT2D eigenvalue weighted by Gasteiger charge is 2.26. The van der Waals surface area contributed by atoms with Crippen LogP contribution in [0.5, 0.6) is 11.5 Å². The van der Waals surface area contributed by atoms with E-state index in [1.165, 1.54) is 0 Å². The maximum absolute atomic E-state index is 12.3. The van der Waals surface area contributed by atoms with Gasteiger partial charge < -0.3 is 14.3 Å². The second-order valence-electron chi connectivity index (χ2n) is 6.80. The summed E-state index contributed by atoms with van der Waals surface area (Å²) in [5.74, 6) is 0.705. The van der Waals surface area contributed by atoms with Crippen LogP contribution in [-0.2, 0) is 16.2 Å². The molecule has 0 aliphatic carbocycles. The minimum Gasteiger partial charge on any atom is -0.490 e. The summed E-state index contributed by atoms with van der Waals surface area (Å²) in [4.78, 5) is 17.2. The number of oxime groups is 1. The molecule has 0 spiro atoms. The van der Waals surface area contributed by atoms with E-state index in [-0.39, 0.29) is 0 Å². The second kappa shape index (κ2) is 9.49. The molecular weight excluding hydrogens is 414 g/mol. The fraction of sp³-hybridized carbons (Fsp3) is 0.120. The van der Waals surface area contributed by atoms with Gasteiger partial charge in [0.1, 0.15) is 12.3 Å². The van der Waals surface area contributed by atoms with Gasteiger partial charge in [0, 0.05) is 10.6 Å². The van der Waals surface area contributed by atoms with Gasteiger partial charge in [0.25, 0.3) is 0 Å². The van der Waals surface area contributed by atoms with Crippen molar-refractivity contribution in [3.63, 3.8) is 0 Å². The molecule has 0 unspecified atom stereocenters. The van der Waals surface area contributed by atoms with E-state index >= 15 is 0 Å². The zero-order chi connectivity index (χ0) is 21.6. The number of rotatable bonds is 7. The number of carbonyl (C=O) groups is 1. The van der Waals surface area contributed by atoms with Crippen LogP contribution in [0.15, 0.2) is 83.5 Å². The van der Waals surface area contributed by atoms with E-state index in [0.29, 0.717) is 41.0 Å². The van der Waals surface area contributed by atoms with Crippen LogP contribution in [0.2, 0.25) is 5.02 Å². The van der Waals surface area contributed by atoms with E-state index in [2.05, 4.69) is 5.16 Å². The minimum absolute atomic E-state index is 0.359. The summed E-state index contributed by atoms with van der Waals surface area (Å²) < 4.78 is 11.7. The molecule has 0 N–H and O–H groups in total. The zero-order valence-electron chi connectivity index (χ0n) is 16.9. The van der Waals surface area contributed by atoms with Crippen molar-refractivity contribution in [2.45, 2.75) is 13.5 Å². The maximum Gasteiger partial charge on any atom is 0.368 e. The van der Waals surface area contributed by atoms with E-state index in [4.69, 9.17) is 25.9 Å². The van der Waals surface area contributed by atoms with Gasteiger partial charge in [-0.05, 0) is 48.4 Å². The highest BCUT2D eigenvalue weighted by Crippen LogP contribution is 2.31. The Kier molecular flexibility index (Phi) is 6.34. The Balaban J connectivity index is 1.59. The molecule has 0 saturated heterocycles. The highest BCUT2D eigenvalue weighted by molar-refractivity contribution is 6.31. The first-order valence-electron chi connectivity index (χ1n) is 9.85. The molecule has 0 radical (unpaired) electrons. The Labute approximate surface area is 185 Å². The lowest BCUT2D eigenvalue weighted by atomic mass is 10.0. The van der Waals surface area contributed by atoms with Crippen molar-refractivity contribution in [2.24, 2.45) is 5.16 Å². The summed E-state index contributed by atoms with van der Waals surface area (Å²) in [5.41, 5.74) is 3.44. The highest BCUT2D eigenvalue weighted by atomic mass is 35.5. The number of nitrogens with zero attached hydrogens (tertiary/aromatic N) is 1. The lowest BCUT2D eigenvalue weighted by Gasteiger charge is -2.13. The Morgan fingerprint density at radius 1 is 0.968 bits per heavy atom. The smallest absolute Gasteiger partial charge is 0.368 e. The fourth-order valence-corrected chi connectivity index (χ4v) is 3.38. The molecule has 1 heterocycles. The van der Waals surface area contributed by atoms with Crippen molar-refractivity contribution < 1.29 is 19.1 Å². The summed E-state index contributed by atoms with van der Waals surface area (Å²) in [6.45, 7) is 2.74. The van der Waals surface area contributed by atoms with E-state index < -0.39 is 5.97 Å². The van der Waals surface area contributed by atoms with Crippen LogP contribution >= 0.6 is 11.6 Å². The van der Waals surface area contributed by atoms with Crippen molar-refractivity contribution in [1.82, 2.24) is 0 Å². The molecule has 5 nitrogen and oxygen atoms in total. The molecule has 156 valence electrons. The van der Waals surface area contributed by atoms with Crippen molar-refractivity contribution in [1.29, 1.82) is 0 Å². The van der Waals surface area contributed by atoms with Gasteiger partial charge in [0.05, 0.1) is 12.2 Å². The van der Waals surface area contributed by atoms with Crippen LogP contribution in [0.1, 0.15) is 23.6 Å². The molecular formula is C25H20ClNO4. The van der Waals surface area contributed by atoms with Gasteiger partial charge in [-0.15, -0.1) is 0 Å². The van der Waals surface area contributed by atoms with Crippen molar-refractivity contribution >= 4 is 29.4 Å². The summed E-state index contributed by atoms with van der Waals surface area (Å²) in [6, 6.07) is 22.5. The molecule has 0 saturated carbocycles. The Hall–Kier alpha value is -3.57. The third kappa shape index (κ3) is 4.95. The number of hydrogen-bond donors (Lipinski definition) is 0. The number of carbonyl (C=O) groups excluding carboxylic acids is 1. The van der Waals surface area contributed by atoms with Crippen LogP contribution in [0.4, 0.5) is 0 Å². The molecule has 4 rings (SSSR count). The maximum atomic E-state index is 12.3. The van der Waals surface area contributed by atoms with Gasteiger partial charge in [-0.3, -0.25) is 0 Å². The third-order valence-corrected chi connectivity index (χ3v) is 4.84. The van der Waals surface area contributed by atoms with Crippen LogP contribution in [0.3, 0.4) is 0 Å². The first kappa shape index (κ1) is 20.7. The first-order valence-corrected chi connectivity index (χ1v) is 10.2. The number of ether oxygens (including phenoxy) is 2. The van der Waals surface area contributed by atoms with Crippen molar-refractivity contribution in [3.05, 3.63) is 100 Å². The number of benzene rings is 3. The molecule has 0 bridgehead atoms. The first-order chi connectivity index (χ1) is 15.1. The van der Waals surface area contributed by atoms with Gasteiger partial charge in [-0.25, -0.2) is 4.79 Å². The number of halogens is 1. The average molecular weight is 434 g/mol. The predicted octanol–water partition coefficient (Wildman–Crippen LogP) is 5.66. The molecule has 31 heavy (non-hydrogen) atoms. The lowest BCUT2D eigenvalue weighted by Crippen LogP contribution is -2.06. The third-order valence-electron chi connectivity index (χ3n) is 4.60. The molecule has 1 aliphatic rings. The number of hydrogen-bond acceptors (Lipinski definition) is 5. The van der Waals surface area contributed by atoms with Gasteiger partial charge in [0.15, 0.2) is 11.5 Å². The van der Waals surface area contributed by atoms with Gasteiger partial charge in [0.2, 0.25) is 0 Å². The predicted molar refractivity (Wildman–Crippen MR) is 120 cm³/mol. The zero-order valence-corrected chi connectivity index (χ0v) is 17.6. The molecule has 0 aromatic heterocycles. The van der Waals surface area contributed by atoms with E-state index in [0.717, 1.165) is 16.7 Å². The van der Waals surface area contributed by atoms with Crippen LogP contribution < -0.4 is 9.47 Å². The SMILES string of the molecule is CCOc1cc(/C=C2\C(=O)ON=C2c2ccccc2)ccc1OCc1cccc(Cl)c1. The standard InChI is InChI=1S/C25H20ClNO4/c1-2-29-23-15-17(11-12-22(23)30-16-18-7-6-10-20(26)13-18)14-21-24(27-31-25(21)28)19-8-4-3-5-9-19/h3-15H,2,16H2,1H3/b21-14-. The molecule has 1 aliphatic heterocycles. The van der Waals surface area contributed by atoms with Gasteiger partial charge >= 0.3 is 5.97 Å². The lowest BCUT2D eigenvalue weighted by molar-refractivity contribution is -0.136. The Bertz CT molecular complexity index is 1160. The van der Waals surface area contributed by atoms with Crippen molar-refractivity contribution in [3.8, 4) is 11.5 Å². The normalized spacial score (nSPS) is 14.3. The van der Waals surface area contributed by atoms with Crippen LogP contribution in [-0.4, -0.2) is 18.3 Å². The van der Waals surface area contributed by atoms with Gasteiger partial charge in [-0.2, -0.15) is 0 Å². The van der Waals surface area contributed by atoms with Crippen LogP contribution in [0.25, 0.3) is 6.08 Å². The van der Waals surface area contributed by atoms with Crippen LogP contribution in [0, 0.1) is 0 Å². The molecule has 0 fully saturated rings.